The van der Waals surface area contributed by atoms with Gasteiger partial charge in [0.05, 0.1) is 0 Å². The number of nitrogens with one attached hydrogen (secondary N) is 1. The third kappa shape index (κ3) is 4.21. The Balaban J connectivity index is 1.68. The van der Waals surface area contributed by atoms with Crippen LogP contribution in [0.2, 0.25) is 0 Å². The molecule has 1 aliphatic heterocycles. The van der Waals surface area contributed by atoms with Crippen LogP contribution in [-0.4, -0.2) is 42.3 Å². The van der Waals surface area contributed by atoms with Crippen molar-refractivity contribution in [2.75, 3.05) is 26.2 Å². The van der Waals surface area contributed by atoms with Gasteiger partial charge in [-0.3, -0.25) is 0 Å². The fraction of sp³-hybridized carbons (Fsp3) is 0.643. The Bertz CT molecular complexity index is 394. The number of rotatable bonds is 5. The summed E-state index contributed by atoms with van der Waals surface area (Å²) in [7, 11) is 0. The molecule has 1 aliphatic rings. The molecule has 2 N–H and O–H groups in total. The van der Waals surface area contributed by atoms with E-state index in [2.05, 4.69) is 29.8 Å². The van der Waals surface area contributed by atoms with Gasteiger partial charge in [0.15, 0.2) is 0 Å². The van der Waals surface area contributed by atoms with E-state index >= 15 is 0 Å². The van der Waals surface area contributed by atoms with Gasteiger partial charge in [0, 0.05) is 37.0 Å². The molecule has 19 heavy (non-hydrogen) atoms. The van der Waals surface area contributed by atoms with E-state index in [0.717, 1.165) is 19.4 Å². The zero-order chi connectivity index (χ0) is 13.7. The van der Waals surface area contributed by atoms with Crippen LogP contribution in [0.4, 0.5) is 4.79 Å². The lowest BCUT2D eigenvalue weighted by molar-refractivity contribution is 0.197. The summed E-state index contributed by atoms with van der Waals surface area (Å²) in [6.45, 7) is 4.48. The van der Waals surface area contributed by atoms with E-state index in [9.17, 15) is 4.79 Å². The van der Waals surface area contributed by atoms with Gasteiger partial charge in [-0.2, -0.15) is 0 Å². The van der Waals surface area contributed by atoms with Crippen molar-refractivity contribution in [2.24, 2.45) is 11.8 Å². The molecule has 2 unspecified atom stereocenters. The molecule has 1 aromatic rings. The number of aliphatic hydroxyl groups is 1. The first-order valence-corrected chi connectivity index (χ1v) is 7.73. The summed E-state index contributed by atoms with van der Waals surface area (Å²) in [6.07, 6.45) is 1.92. The Morgan fingerprint density at radius 1 is 1.68 bits per heavy atom. The van der Waals surface area contributed by atoms with Crippen LogP contribution in [0.15, 0.2) is 17.5 Å². The predicted octanol–water partition coefficient (Wildman–Crippen LogP) is 1.95. The zero-order valence-corrected chi connectivity index (χ0v) is 12.2. The summed E-state index contributed by atoms with van der Waals surface area (Å²) >= 11 is 1.76. The lowest BCUT2D eigenvalue weighted by Gasteiger charge is -2.19. The number of nitrogens with zero attached hydrogens (tertiary/aromatic N) is 1. The van der Waals surface area contributed by atoms with E-state index < -0.39 is 0 Å². The van der Waals surface area contributed by atoms with Crippen LogP contribution in [0.25, 0.3) is 0 Å². The van der Waals surface area contributed by atoms with Crippen LogP contribution >= 0.6 is 11.3 Å². The van der Waals surface area contributed by atoms with Crippen LogP contribution < -0.4 is 5.32 Å². The fourth-order valence-corrected chi connectivity index (χ4v) is 3.25. The van der Waals surface area contributed by atoms with E-state index in [1.807, 2.05) is 0 Å². The second-order valence-electron chi connectivity index (χ2n) is 5.36. The second-order valence-corrected chi connectivity index (χ2v) is 6.39. The quantitative estimate of drug-likeness (QED) is 0.867. The second kappa shape index (κ2) is 6.91. The van der Waals surface area contributed by atoms with E-state index in [4.69, 9.17) is 5.11 Å². The minimum atomic E-state index is 0.00831. The zero-order valence-electron chi connectivity index (χ0n) is 11.3. The number of urea groups is 1. The monoisotopic (exact) mass is 282 g/mol. The van der Waals surface area contributed by atoms with Gasteiger partial charge in [0.2, 0.25) is 0 Å². The highest BCUT2D eigenvalue weighted by atomic mass is 32.1. The summed E-state index contributed by atoms with van der Waals surface area (Å²) in [4.78, 5) is 15.1. The topological polar surface area (TPSA) is 52.6 Å². The molecule has 4 nitrogen and oxygen atoms in total. The Labute approximate surface area is 118 Å². The molecule has 1 saturated heterocycles. The van der Waals surface area contributed by atoms with Crippen molar-refractivity contribution >= 4 is 17.4 Å². The van der Waals surface area contributed by atoms with Crippen LogP contribution in [-0.2, 0) is 6.42 Å². The van der Waals surface area contributed by atoms with Gasteiger partial charge in [-0.1, -0.05) is 13.0 Å². The molecular formula is C14H22N2O2S. The van der Waals surface area contributed by atoms with Crippen molar-refractivity contribution in [2.45, 2.75) is 19.8 Å². The SMILES string of the molecule is CC(CNC(=O)N1CCC(CO)C1)Cc1cccs1. The summed E-state index contributed by atoms with van der Waals surface area (Å²) in [5.41, 5.74) is 0. The fourth-order valence-electron chi connectivity index (χ4n) is 2.38. The van der Waals surface area contributed by atoms with Gasteiger partial charge in [-0.15, -0.1) is 11.3 Å². The Hall–Kier alpha value is -1.07. The number of amides is 2. The van der Waals surface area contributed by atoms with Crippen molar-refractivity contribution in [3.63, 3.8) is 0 Å². The van der Waals surface area contributed by atoms with Gasteiger partial charge in [0.1, 0.15) is 0 Å². The maximum Gasteiger partial charge on any atom is 0.317 e. The number of carbonyl (C=O) groups excluding carboxylic acids is 1. The molecule has 2 atom stereocenters. The van der Waals surface area contributed by atoms with Gasteiger partial charge >= 0.3 is 6.03 Å². The Morgan fingerprint density at radius 2 is 2.53 bits per heavy atom. The minimum Gasteiger partial charge on any atom is -0.396 e. The number of hydrogen-bond donors (Lipinski definition) is 2. The first-order chi connectivity index (χ1) is 9.19. The molecule has 0 aliphatic carbocycles. The van der Waals surface area contributed by atoms with Crippen molar-refractivity contribution in [1.82, 2.24) is 10.2 Å². The number of aliphatic hydroxyl groups excluding tert-OH is 1. The summed E-state index contributed by atoms with van der Waals surface area (Å²) in [6, 6.07) is 4.20. The van der Waals surface area contributed by atoms with Crippen molar-refractivity contribution in [3.8, 4) is 0 Å². The smallest absolute Gasteiger partial charge is 0.317 e. The first-order valence-electron chi connectivity index (χ1n) is 6.85. The molecular weight excluding hydrogens is 260 g/mol. The van der Waals surface area contributed by atoms with Crippen LogP contribution in [0.1, 0.15) is 18.2 Å². The van der Waals surface area contributed by atoms with Crippen LogP contribution in [0.3, 0.4) is 0 Å². The number of carbonyl (C=O) groups is 1. The highest BCUT2D eigenvalue weighted by Crippen LogP contribution is 2.16. The van der Waals surface area contributed by atoms with Crippen molar-refractivity contribution in [3.05, 3.63) is 22.4 Å². The number of hydrogen-bond acceptors (Lipinski definition) is 3. The first kappa shape index (κ1) is 14.3. The Kier molecular flexibility index (Phi) is 5.22. The standard InChI is InChI=1S/C14H22N2O2S/c1-11(7-13-3-2-6-19-13)8-15-14(18)16-5-4-12(9-16)10-17/h2-3,6,11-12,17H,4-5,7-10H2,1H3,(H,15,18). The number of thiophene rings is 1. The largest absolute Gasteiger partial charge is 0.396 e. The highest BCUT2D eigenvalue weighted by molar-refractivity contribution is 7.09. The van der Waals surface area contributed by atoms with Gasteiger partial charge in [-0.25, -0.2) is 4.79 Å². The molecule has 2 rings (SSSR count). The molecule has 0 spiro atoms. The van der Waals surface area contributed by atoms with Gasteiger partial charge in [0.25, 0.3) is 0 Å². The molecule has 0 bridgehead atoms. The van der Waals surface area contributed by atoms with Gasteiger partial charge < -0.3 is 15.3 Å². The molecule has 106 valence electrons. The minimum absolute atomic E-state index is 0.00831. The third-order valence-corrected chi connectivity index (χ3v) is 4.46. The highest BCUT2D eigenvalue weighted by Gasteiger charge is 2.25. The molecule has 0 radical (unpaired) electrons. The van der Waals surface area contributed by atoms with Crippen molar-refractivity contribution < 1.29 is 9.90 Å². The number of likely N-dealkylation sites (tertiary alicyclic amines) is 1. The molecule has 1 aromatic heterocycles. The molecule has 1 fully saturated rings. The van der Waals surface area contributed by atoms with E-state index in [0.29, 0.717) is 19.0 Å². The molecule has 2 heterocycles. The summed E-state index contributed by atoms with van der Waals surface area (Å²) < 4.78 is 0. The van der Waals surface area contributed by atoms with Crippen molar-refractivity contribution in [1.29, 1.82) is 0 Å². The van der Waals surface area contributed by atoms with E-state index in [1.165, 1.54) is 4.88 Å². The average molecular weight is 282 g/mol. The predicted molar refractivity (Wildman–Crippen MR) is 77.4 cm³/mol. The van der Waals surface area contributed by atoms with E-state index in [-0.39, 0.29) is 18.6 Å². The summed E-state index contributed by atoms with van der Waals surface area (Å²) in [5.74, 6) is 0.702. The third-order valence-electron chi connectivity index (χ3n) is 3.56. The van der Waals surface area contributed by atoms with Crippen LogP contribution in [0.5, 0.6) is 0 Å². The molecule has 2 amide bonds. The lowest BCUT2D eigenvalue weighted by Crippen LogP contribution is -2.40. The molecule has 0 aromatic carbocycles. The lowest BCUT2D eigenvalue weighted by atomic mass is 10.1. The van der Waals surface area contributed by atoms with Gasteiger partial charge in [-0.05, 0) is 30.2 Å². The maximum absolute atomic E-state index is 11.9. The maximum atomic E-state index is 11.9. The molecule has 0 saturated carbocycles. The Morgan fingerprint density at radius 3 is 3.16 bits per heavy atom. The van der Waals surface area contributed by atoms with Crippen LogP contribution in [0, 0.1) is 11.8 Å². The summed E-state index contributed by atoms with van der Waals surface area (Å²) in [5, 5.41) is 14.1. The molecule has 5 heteroatoms. The van der Waals surface area contributed by atoms with E-state index in [1.54, 1.807) is 16.2 Å². The normalized spacial score (nSPS) is 20.5. The average Bonchev–Trinajstić information content (AvgIpc) is 3.06.